The van der Waals surface area contributed by atoms with Gasteiger partial charge in [0.2, 0.25) is 5.91 Å². The fourth-order valence-corrected chi connectivity index (χ4v) is 2.46. The molecule has 0 fully saturated rings. The Bertz CT molecular complexity index is 568. The largest absolute Gasteiger partial charge is 1.00 e. The summed E-state index contributed by atoms with van der Waals surface area (Å²) >= 11 is 0. The van der Waals surface area contributed by atoms with E-state index in [0.29, 0.717) is 5.69 Å². The Labute approximate surface area is 147 Å². The molecule has 21 heavy (non-hydrogen) atoms. The number of carbonyl (C=O) groups is 1. The number of aryl methyl sites for hydroxylation is 2. The summed E-state index contributed by atoms with van der Waals surface area (Å²) in [5, 5.41) is 0. The van der Waals surface area contributed by atoms with Crippen molar-refractivity contribution < 1.29 is 52.1 Å². The van der Waals surface area contributed by atoms with E-state index >= 15 is 0 Å². The second kappa shape index (κ2) is 8.87. The van der Waals surface area contributed by atoms with Gasteiger partial charge in [0.1, 0.15) is 15.9 Å². The monoisotopic (exact) mass is 323 g/mol. The molecule has 1 aromatic rings. The Morgan fingerprint density at radius 1 is 1.29 bits per heavy atom. The minimum Gasteiger partial charge on any atom is -0.748 e. The summed E-state index contributed by atoms with van der Waals surface area (Å²) in [6.07, 6.45) is 0. The van der Waals surface area contributed by atoms with Gasteiger partial charge in [-0.3, -0.25) is 4.79 Å². The van der Waals surface area contributed by atoms with Crippen molar-refractivity contribution in [3.63, 3.8) is 0 Å². The minimum absolute atomic E-state index is 0. The van der Waals surface area contributed by atoms with Crippen molar-refractivity contribution in [2.24, 2.45) is 0 Å². The Morgan fingerprint density at radius 2 is 1.81 bits per heavy atom. The SMILES string of the molecule is COCCN(C(=O)CS(=O)(=O)[O-])c1c(C)cccc1C.[Na+]. The molecule has 6 nitrogen and oxygen atoms in total. The molecule has 0 saturated heterocycles. The van der Waals surface area contributed by atoms with E-state index in [9.17, 15) is 17.8 Å². The molecule has 0 aliphatic carbocycles. The van der Waals surface area contributed by atoms with Gasteiger partial charge in [0.25, 0.3) is 0 Å². The molecule has 0 heterocycles. The molecule has 0 radical (unpaired) electrons. The third-order valence-corrected chi connectivity index (χ3v) is 3.43. The third kappa shape index (κ3) is 6.46. The Hall–Kier alpha value is -0.440. The topological polar surface area (TPSA) is 86.7 Å². The number of hydrogen-bond acceptors (Lipinski definition) is 5. The number of benzene rings is 1. The van der Waals surface area contributed by atoms with Crippen LogP contribution in [0.1, 0.15) is 11.1 Å². The summed E-state index contributed by atoms with van der Waals surface area (Å²) < 4.78 is 37.3. The standard InChI is InChI=1S/C13H19NO5S.Na/c1-10-5-4-6-11(2)13(10)14(7-8-19-3)12(15)9-20(16,17)18;/h4-6H,7-9H2,1-3H3,(H,16,17,18);/q;+1/p-1. The minimum atomic E-state index is -4.61. The van der Waals surface area contributed by atoms with Gasteiger partial charge in [0.15, 0.2) is 0 Å². The predicted molar refractivity (Wildman–Crippen MR) is 74.7 cm³/mol. The van der Waals surface area contributed by atoms with Crippen LogP contribution in [-0.2, 0) is 19.6 Å². The number of amides is 1. The van der Waals surface area contributed by atoms with Crippen LogP contribution >= 0.6 is 0 Å². The van der Waals surface area contributed by atoms with Crippen molar-refractivity contribution in [3.05, 3.63) is 29.3 Å². The molecule has 0 atom stereocenters. The first-order valence-electron chi connectivity index (χ1n) is 6.05. The van der Waals surface area contributed by atoms with E-state index in [1.807, 2.05) is 32.0 Å². The van der Waals surface area contributed by atoms with Crippen LogP contribution in [0.15, 0.2) is 18.2 Å². The van der Waals surface area contributed by atoms with Gasteiger partial charge >= 0.3 is 29.6 Å². The van der Waals surface area contributed by atoms with Crippen molar-refractivity contribution in [1.82, 2.24) is 0 Å². The summed E-state index contributed by atoms with van der Waals surface area (Å²) in [5.74, 6) is -1.79. The van der Waals surface area contributed by atoms with E-state index in [1.54, 1.807) is 0 Å². The molecule has 1 aromatic carbocycles. The van der Waals surface area contributed by atoms with Gasteiger partial charge in [-0.25, -0.2) is 8.42 Å². The van der Waals surface area contributed by atoms with Crippen molar-refractivity contribution in [3.8, 4) is 0 Å². The summed E-state index contributed by atoms with van der Waals surface area (Å²) in [5.41, 5.74) is 2.29. The van der Waals surface area contributed by atoms with E-state index in [2.05, 4.69) is 0 Å². The van der Waals surface area contributed by atoms with Crippen LogP contribution in [0.2, 0.25) is 0 Å². The van der Waals surface area contributed by atoms with Gasteiger partial charge in [-0.05, 0) is 25.0 Å². The Balaban J connectivity index is 0.00000400. The zero-order chi connectivity index (χ0) is 15.3. The number of nitrogens with zero attached hydrogens (tertiary/aromatic N) is 1. The van der Waals surface area contributed by atoms with Crippen LogP contribution in [0.5, 0.6) is 0 Å². The number of anilines is 1. The number of ether oxygens (including phenoxy) is 1. The summed E-state index contributed by atoms with van der Waals surface area (Å²) in [6.45, 7) is 4.08. The maximum absolute atomic E-state index is 12.1. The molecule has 0 aliphatic heterocycles. The summed E-state index contributed by atoms with van der Waals surface area (Å²) in [4.78, 5) is 13.4. The van der Waals surface area contributed by atoms with Crippen molar-refractivity contribution in [2.75, 3.05) is 30.9 Å². The van der Waals surface area contributed by atoms with Crippen LogP contribution in [0.3, 0.4) is 0 Å². The number of methoxy groups -OCH3 is 1. The smallest absolute Gasteiger partial charge is 0.748 e. The zero-order valence-corrected chi connectivity index (χ0v) is 15.6. The first kappa shape index (κ1) is 20.6. The maximum Gasteiger partial charge on any atom is 1.00 e. The molecule has 0 bridgehead atoms. The van der Waals surface area contributed by atoms with E-state index in [4.69, 9.17) is 4.74 Å². The first-order chi connectivity index (χ1) is 9.26. The first-order valence-corrected chi connectivity index (χ1v) is 7.63. The molecule has 8 heteroatoms. The quantitative estimate of drug-likeness (QED) is 0.439. The van der Waals surface area contributed by atoms with Gasteiger partial charge in [-0.2, -0.15) is 0 Å². The molecular weight excluding hydrogens is 305 g/mol. The number of rotatable bonds is 6. The summed E-state index contributed by atoms with van der Waals surface area (Å²) in [6, 6.07) is 5.49. The number of para-hydroxylation sites is 1. The van der Waals surface area contributed by atoms with Crippen LogP contribution in [0, 0.1) is 13.8 Å². The normalized spacial score (nSPS) is 10.9. The Morgan fingerprint density at radius 3 is 2.24 bits per heavy atom. The van der Waals surface area contributed by atoms with E-state index < -0.39 is 21.8 Å². The predicted octanol–water partition coefficient (Wildman–Crippen LogP) is -2.17. The van der Waals surface area contributed by atoms with Gasteiger partial charge in [0.05, 0.1) is 6.61 Å². The van der Waals surface area contributed by atoms with E-state index in [-0.39, 0.29) is 42.7 Å². The molecule has 1 rings (SSSR count). The van der Waals surface area contributed by atoms with Gasteiger partial charge in [0, 0.05) is 19.3 Å². The molecule has 0 aliphatic rings. The van der Waals surface area contributed by atoms with Crippen LogP contribution in [-0.4, -0.2) is 44.9 Å². The molecule has 0 spiro atoms. The number of hydrogen-bond donors (Lipinski definition) is 0. The fourth-order valence-electron chi connectivity index (χ4n) is 2.00. The van der Waals surface area contributed by atoms with Gasteiger partial charge in [-0.15, -0.1) is 0 Å². The number of carbonyl (C=O) groups excluding carboxylic acids is 1. The summed E-state index contributed by atoms with van der Waals surface area (Å²) in [7, 11) is -3.13. The van der Waals surface area contributed by atoms with Crippen molar-refractivity contribution >= 4 is 21.7 Å². The molecule has 1 amide bonds. The van der Waals surface area contributed by atoms with Crippen LogP contribution < -0.4 is 34.5 Å². The van der Waals surface area contributed by atoms with Gasteiger partial charge < -0.3 is 14.2 Å². The molecule has 0 N–H and O–H groups in total. The fraction of sp³-hybridized carbons (Fsp3) is 0.462. The second-order valence-electron chi connectivity index (χ2n) is 4.48. The third-order valence-electron chi connectivity index (χ3n) is 2.83. The van der Waals surface area contributed by atoms with E-state index in [0.717, 1.165) is 11.1 Å². The molecule has 0 saturated carbocycles. The second-order valence-corrected chi connectivity index (χ2v) is 5.88. The average molecular weight is 323 g/mol. The molecule has 0 aromatic heterocycles. The zero-order valence-electron chi connectivity index (χ0n) is 12.8. The average Bonchev–Trinajstić information content (AvgIpc) is 2.30. The van der Waals surface area contributed by atoms with Crippen LogP contribution in [0.4, 0.5) is 5.69 Å². The molecular formula is C13H18NNaO5S. The van der Waals surface area contributed by atoms with Gasteiger partial charge in [-0.1, -0.05) is 18.2 Å². The molecule has 0 unspecified atom stereocenters. The molecule has 112 valence electrons. The van der Waals surface area contributed by atoms with Crippen LogP contribution in [0.25, 0.3) is 0 Å². The van der Waals surface area contributed by atoms with E-state index in [1.165, 1.54) is 12.0 Å². The van der Waals surface area contributed by atoms with Crippen molar-refractivity contribution in [2.45, 2.75) is 13.8 Å². The van der Waals surface area contributed by atoms with Crippen molar-refractivity contribution in [1.29, 1.82) is 0 Å². The maximum atomic E-state index is 12.1. The Kier molecular flexibility index (Phi) is 8.69.